The van der Waals surface area contributed by atoms with Gasteiger partial charge in [-0.05, 0) is 37.1 Å². The molecule has 7 nitrogen and oxygen atoms in total. The molecule has 0 saturated heterocycles. The second-order valence-electron chi connectivity index (χ2n) is 6.58. The Morgan fingerprint density at radius 3 is 2.83 bits per heavy atom. The number of rotatable bonds is 7. The van der Waals surface area contributed by atoms with Gasteiger partial charge in [-0.25, -0.2) is 9.07 Å². The average Bonchev–Trinajstić information content (AvgIpc) is 3.35. The Balaban J connectivity index is 1.33. The summed E-state index contributed by atoms with van der Waals surface area (Å²) in [6.45, 7) is 1.71. The molecule has 0 radical (unpaired) electrons. The summed E-state index contributed by atoms with van der Waals surface area (Å²) in [6, 6.07) is 12.6. The highest BCUT2D eigenvalue weighted by Gasteiger charge is 2.15. The summed E-state index contributed by atoms with van der Waals surface area (Å²) in [5.74, 6) is 8.12. The number of thioether (sulfide) groups is 1. The summed E-state index contributed by atoms with van der Waals surface area (Å²) in [6.07, 6.45) is 1.38. The van der Waals surface area contributed by atoms with Crippen molar-refractivity contribution in [3.63, 3.8) is 0 Å². The molecular formula is C20H18BrFN6OS. The van der Waals surface area contributed by atoms with Gasteiger partial charge in [-0.2, -0.15) is 4.98 Å². The summed E-state index contributed by atoms with van der Waals surface area (Å²) in [5.41, 5.74) is 2.05. The van der Waals surface area contributed by atoms with Crippen LogP contribution in [0.1, 0.15) is 17.9 Å². The number of hydrogen-bond acceptors (Lipinski definition) is 7. The van der Waals surface area contributed by atoms with Gasteiger partial charge >= 0.3 is 0 Å². The fraction of sp³-hybridized carbons (Fsp3) is 0.200. The average molecular weight is 489 g/mol. The lowest BCUT2D eigenvalue weighted by Crippen LogP contribution is -2.11. The summed E-state index contributed by atoms with van der Waals surface area (Å²) in [4.78, 5) is 4.35. The van der Waals surface area contributed by atoms with Crippen LogP contribution in [0.3, 0.4) is 0 Å². The molecule has 2 N–H and O–H groups in total. The number of nitrogens with two attached hydrogens (primary N) is 1. The van der Waals surface area contributed by atoms with Crippen LogP contribution in [0.15, 0.2) is 56.6 Å². The van der Waals surface area contributed by atoms with Crippen LogP contribution in [-0.2, 0) is 6.42 Å². The summed E-state index contributed by atoms with van der Waals surface area (Å²) < 4.78 is 21.4. The smallest absolute Gasteiger partial charge is 0.226 e. The molecule has 0 saturated carbocycles. The quantitative estimate of drug-likeness (QED) is 0.230. The minimum atomic E-state index is -0.289. The van der Waals surface area contributed by atoms with E-state index >= 15 is 0 Å². The first kappa shape index (κ1) is 20.5. The Labute approximate surface area is 185 Å². The molecule has 154 valence electrons. The number of benzene rings is 2. The first-order chi connectivity index (χ1) is 14.5. The van der Waals surface area contributed by atoms with Gasteiger partial charge in [-0.1, -0.05) is 57.1 Å². The first-order valence-corrected chi connectivity index (χ1v) is 11.0. The lowest BCUT2D eigenvalue weighted by molar-refractivity contribution is 0.378. The summed E-state index contributed by atoms with van der Waals surface area (Å²) in [7, 11) is 0. The van der Waals surface area contributed by atoms with Crippen molar-refractivity contribution in [2.45, 2.75) is 24.9 Å². The molecule has 2 heterocycles. The number of aryl methyl sites for hydroxylation is 2. The number of halogens is 2. The fourth-order valence-electron chi connectivity index (χ4n) is 2.79. The zero-order valence-electron chi connectivity index (χ0n) is 16.0. The van der Waals surface area contributed by atoms with Gasteiger partial charge in [0.1, 0.15) is 5.82 Å². The maximum absolute atomic E-state index is 13.7. The van der Waals surface area contributed by atoms with Crippen LogP contribution in [0.2, 0.25) is 0 Å². The van der Waals surface area contributed by atoms with Crippen molar-refractivity contribution >= 4 is 27.7 Å². The molecular weight excluding hydrogens is 471 g/mol. The van der Waals surface area contributed by atoms with E-state index in [9.17, 15) is 4.39 Å². The van der Waals surface area contributed by atoms with Gasteiger partial charge in [0, 0.05) is 27.8 Å². The molecule has 0 spiro atoms. The van der Waals surface area contributed by atoms with Crippen molar-refractivity contribution in [3.8, 4) is 22.8 Å². The highest BCUT2D eigenvalue weighted by molar-refractivity contribution is 9.10. The van der Waals surface area contributed by atoms with Crippen LogP contribution < -0.4 is 5.84 Å². The third-order valence-corrected chi connectivity index (χ3v) is 6.16. The van der Waals surface area contributed by atoms with Gasteiger partial charge in [0.15, 0.2) is 5.82 Å². The predicted octanol–water partition coefficient (Wildman–Crippen LogP) is 4.64. The highest BCUT2D eigenvalue weighted by atomic mass is 79.9. The molecule has 0 aliphatic carbocycles. The monoisotopic (exact) mass is 488 g/mol. The predicted molar refractivity (Wildman–Crippen MR) is 117 cm³/mol. The minimum Gasteiger partial charge on any atom is -0.339 e. The van der Waals surface area contributed by atoms with E-state index in [4.69, 9.17) is 10.4 Å². The van der Waals surface area contributed by atoms with E-state index in [2.05, 4.69) is 36.3 Å². The molecule has 2 aromatic carbocycles. The van der Waals surface area contributed by atoms with Crippen LogP contribution in [0.25, 0.3) is 22.8 Å². The molecule has 30 heavy (non-hydrogen) atoms. The van der Waals surface area contributed by atoms with Gasteiger partial charge in [0.05, 0.1) is 0 Å². The largest absolute Gasteiger partial charge is 0.339 e. The van der Waals surface area contributed by atoms with E-state index in [-0.39, 0.29) is 5.82 Å². The van der Waals surface area contributed by atoms with Gasteiger partial charge in [-0.3, -0.25) is 0 Å². The summed E-state index contributed by atoms with van der Waals surface area (Å²) >= 11 is 5.01. The molecule has 0 atom stereocenters. The molecule has 0 amide bonds. The Hall–Kier alpha value is -2.72. The van der Waals surface area contributed by atoms with Crippen LogP contribution in [0.4, 0.5) is 4.39 Å². The molecule has 0 aliphatic rings. The minimum absolute atomic E-state index is 0.289. The van der Waals surface area contributed by atoms with Crippen LogP contribution >= 0.6 is 27.7 Å². The van der Waals surface area contributed by atoms with Crippen LogP contribution in [0, 0.1) is 12.7 Å². The zero-order chi connectivity index (χ0) is 21.1. The lowest BCUT2D eigenvalue weighted by atomic mass is 10.1. The lowest BCUT2D eigenvalue weighted by Gasteiger charge is -2.05. The third-order valence-electron chi connectivity index (χ3n) is 4.44. The standard InChI is InChI=1S/C20H18BrFN6OS/c1-12-8-9-13(11-16(12)22)18-24-17(29-27-18)7-4-10-30-20-26-25-19(28(20)23)14-5-2-3-6-15(14)21/h2-3,5-6,8-9,11H,4,7,10,23H2,1H3. The topological polar surface area (TPSA) is 95.7 Å². The molecule has 4 aromatic rings. The molecule has 0 aliphatic heterocycles. The van der Waals surface area contributed by atoms with Crippen molar-refractivity contribution in [1.82, 2.24) is 25.0 Å². The molecule has 0 unspecified atom stereocenters. The van der Waals surface area contributed by atoms with Crippen molar-refractivity contribution in [2.24, 2.45) is 0 Å². The Kier molecular flexibility index (Phi) is 6.14. The number of aromatic nitrogens is 5. The SMILES string of the molecule is Cc1ccc(-c2noc(CCCSc3nnc(-c4ccccc4Br)n3N)n2)cc1F. The molecule has 2 aromatic heterocycles. The van der Waals surface area contributed by atoms with E-state index in [0.717, 1.165) is 22.2 Å². The maximum Gasteiger partial charge on any atom is 0.226 e. The Morgan fingerprint density at radius 1 is 1.20 bits per heavy atom. The first-order valence-electron chi connectivity index (χ1n) is 9.20. The van der Waals surface area contributed by atoms with E-state index in [1.165, 1.54) is 22.5 Å². The molecule has 0 bridgehead atoms. The molecule has 10 heteroatoms. The van der Waals surface area contributed by atoms with E-state index in [1.54, 1.807) is 19.1 Å². The number of hydrogen-bond donors (Lipinski definition) is 1. The van der Waals surface area contributed by atoms with Gasteiger partial charge in [-0.15, -0.1) is 10.2 Å². The second-order valence-corrected chi connectivity index (χ2v) is 8.50. The number of nitrogens with zero attached hydrogens (tertiary/aromatic N) is 5. The summed E-state index contributed by atoms with van der Waals surface area (Å²) in [5, 5.41) is 12.9. The normalized spacial score (nSPS) is 11.2. The second kappa shape index (κ2) is 8.97. The molecule has 4 rings (SSSR count). The van der Waals surface area contributed by atoms with Crippen LogP contribution in [-0.4, -0.2) is 30.8 Å². The van der Waals surface area contributed by atoms with Crippen molar-refractivity contribution < 1.29 is 8.91 Å². The Bertz CT molecular complexity index is 1180. The van der Waals surface area contributed by atoms with E-state index in [1.807, 2.05) is 24.3 Å². The fourth-order valence-corrected chi connectivity index (χ4v) is 4.05. The van der Waals surface area contributed by atoms with Crippen molar-refractivity contribution in [1.29, 1.82) is 0 Å². The van der Waals surface area contributed by atoms with Gasteiger partial charge in [0.25, 0.3) is 0 Å². The van der Waals surface area contributed by atoms with E-state index < -0.39 is 0 Å². The van der Waals surface area contributed by atoms with Gasteiger partial charge in [0.2, 0.25) is 16.9 Å². The molecule has 0 fully saturated rings. The third kappa shape index (κ3) is 4.39. The highest BCUT2D eigenvalue weighted by Crippen LogP contribution is 2.28. The zero-order valence-corrected chi connectivity index (χ0v) is 18.5. The van der Waals surface area contributed by atoms with Crippen molar-refractivity contribution in [2.75, 3.05) is 11.6 Å². The van der Waals surface area contributed by atoms with Crippen LogP contribution in [0.5, 0.6) is 0 Å². The van der Waals surface area contributed by atoms with Crippen molar-refractivity contribution in [3.05, 3.63) is 64.2 Å². The van der Waals surface area contributed by atoms with Gasteiger partial charge < -0.3 is 10.4 Å². The maximum atomic E-state index is 13.7. The Morgan fingerprint density at radius 2 is 2.03 bits per heavy atom. The number of nitrogen functional groups attached to an aromatic ring is 1. The van der Waals surface area contributed by atoms with E-state index in [0.29, 0.717) is 40.2 Å².